The summed E-state index contributed by atoms with van der Waals surface area (Å²) < 4.78 is 21.0. The van der Waals surface area contributed by atoms with Crippen LogP contribution in [0.25, 0.3) is 17.0 Å². The smallest absolute Gasteiger partial charge is 0.356 e. The molecule has 1 aliphatic heterocycles. The lowest BCUT2D eigenvalue weighted by Gasteiger charge is -2.05. The third-order valence-corrected chi connectivity index (χ3v) is 4.56. The Labute approximate surface area is 172 Å². The van der Waals surface area contributed by atoms with E-state index >= 15 is 0 Å². The largest absolute Gasteiger partial charge is 0.497 e. The molecule has 8 nitrogen and oxygen atoms in total. The van der Waals surface area contributed by atoms with Gasteiger partial charge in [-0.2, -0.15) is 0 Å². The van der Waals surface area contributed by atoms with Crippen molar-refractivity contribution in [3.8, 4) is 17.2 Å². The second-order valence-electron chi connectivity index (χ2n) is 6.44. The molecule has 30 heavy (non-hydrogen) atoms. The minimum absolute atomic E-state index is 0.171. The second kappa shape index (κ2) is 8.20. The number of H-pyrrole nitrogens is 1. The van der Waals surface area contributed by atoms with Crippen molar-refractivity contribution in [1.82, 2.24) is 4.98 Å². The van der Waals surface area contributed by atoms with Crippen LogP contribution in [0.15, 0.2) is 42.5 Å². The number of benzene rings is 2. The quantitative estimate of drug-likeness (QED) is 0.476. The number of esters is 1. The Balaban J connectivity index is 1.60. The molecule has 0 bridgehead atoms. The van der Waals surface area contributed by atoms with Crippen LogP contribution in [-0.2, 0) is 9.53 Å². The fraction of sp³-hybridized carbons (Fsp3) is 0.182. The molecule has 0 radical (unpaired) electrons. The van der Waals surface area contributed by atoms with Crippen LogP contribution >= 0.6 is 0 Å². The molecule has 0 aliphatic carbocycles. The first-order valence-electron chi connectivity index (χ1n) is 9.34. The number of ether oxygens (including phenoxy) is 4. The zero-order valence-electron chi connectivity index (χ0n) is 16.5. The lowest BCUT2D eigenvalue weighted by Crippen LogP contribution is -2.13. The van der Waals surface area contributed by atoms with Gasteiger partial charge in [-0.15, -0.1) is 0 Å². The van der Waals surface area contributed by atoms with Gasteiger partial charge in [0, 0.05) is 17.5 Å². The average Bonchev–Trinajstić information content (AvgIpc) is 3.36. The number of rotatable bonds is 6. The van der Waals surface area contributed by atoms with Crippen molar-refractivity contribution in [2.24, 2.45) is 0 Å². The Morgan fingerprint density at radius 3 is 2.80 bits per heavy atom. The van der Waals surface area contributed by atoms with Crippen molar-refractivity contribution in [2.75, 3.05) is 25.8 Å². The SMILES string of the molecule is CCOC(=O)c1[nH]c2cc(OC)ccc2c1NC(=O)/C=C/c1ccc2c(c1)OCO2. The van der Waals surface area contributed by atoms with E-state index in [4.69, 9.17) is 18.9 Å². The molecule has 0 saturated heterocycles. The normalized spacial score (nSPS) is 12.3. The molecule has 0 fully saturated rings. The highest BCUT2D eigenvalue weighted by molar-refractivity contribution is 6.13. The Hall–Kier alpha value is -3.94. The number of aromatic nitrogens is 1. The van der Waals surface area contributed by atoms with Crippen LogP contribution in [0.1, 0.15) is 23.0 Å². The number of carbonyl (C=O) groups is 2. The van der Waals surface area contributed by atoms with E-state index in [-0.39, 0.29) is 19.1 Å². The summed E-state index contributed by atoms with van der Waals surface area (Å²) in [6, 6.07) is 10.7. The van der Waals surface area contributed by atoms with E-state index in [9.17, 15) is 9.59 Å². The van der Waals surface area contributed by atoms with Gasteiger partial charge >= 0.3 is 5.97 Å². The van der Waals surface area contributed by atoms with Gasteiger partial charge in [-0.3, -0.25) is 4.79 Å². The maximum atomic E-state index is 12.6. The number of fused-ring (bicyclic) bond motifs is 2. The van der Waals surface area contributed by atoms with E-state index in [0.29, 0.717) is 33.8 Å². The number of amides is 1. The average molecular weight is 408 g/mol. The molecule has 0 unspecified atom stereocenters. The van der Waals surface area contributed by atoms with Crippen LogP contribution in [0.2, 0.25) is 0 Å². The van der Waals surface area contributed by atoms with Crippen molar-refractivity contribution in [3.05, 3.63) is 53.7 Å². The van der Waals surface area contributed by atoms with Crippen molar-refractivity contribution in [3.63, 3.8) is 0 Å². The van der Waals surface area contributed by atoms with Gasteiger partial charge in [0.25, 0.3) is 0 Å². The predicted molar refractivity (Wildman–Crippen MR) is 111 cm³/mol. The Morgan fingerprint density at radius 2 is 2.00 bits per heavy atom. The van der Waals surface area contributed by atoms with E-state index in [1.807, 2.05) is 6.07 Å². The highest BCUT2D eigenvalue weighted by Gasteiger charge is 2.20. The summed E-state index contributed by atoms with van der Waals surface area (Å²) in [4.78, 5) is 28.0. The third-order valence-electron chi connectivity index (χ3n) is 4.56. The van der Waals surface area contributed by atoms with Gasteiger partial charge in [0.1, 0.15) is 11.4 Å². The summed E-state index contributed by atoms with van der Waals surface area (Å²) in [5.41, 5.74) is 1.95. The van der Waals surface area contributed by atoms with Gasteiger partial charge in [0.05, 0.1) is 24.9 Å². The number of methoxy groups -OCH3 is 1. The molecule has 0 spiro atoms. The molecule has 2 N–H and O–H groups in total. The lowest BCUT2D eigenvalue weighted by molar-refractivity contribution is -0.111. The summed E-state index contributed by atoms with van der Waals surface area (Å²) in [6.45, 7) is 2.12. The fourth-order valence-electron chi connectivity index (χ4n) is 3.14. The number of hydrogen-bond acceptors (Lipinski definition) is 6. The van der Waals surface area contributed by atoms with Crippen LogP contribution in [0.3, 0.4) is 0 Å². The van der Waals surface area contributed by atoms with Gasteiger partial charge in [-0.05, 0) is 42.8 Å². The molecule has 8 heteroatoms. The molecule has 2 aromatic carbocycles. The molecular formula is C22H20N2O6. The zero-order chi connectivity index (χ0) is 21.1. The molecule has 1 amide bonds. The van der Waals surface area contributed by atoms with Crippen molar-refractivity contribution in [2.45, 2.75) is 6.92 Å². The highest BCUT2D eigenvalue weighted by atomic mass is 16.7. The van der Waals surface area contributed by atoms with E-state index in [1.165, 1.54) is 6.08 Å². The number of aromatic amines is 1. The monoisotopic (exact) mass is 408 g/mol. The Kier molecular flexibility index (Phi) is 5.30. The standard InChI is InChI=1S/C22H20N2O6/c1-3-28-22(26)21-20(15-7-6-14(27-2)11-16(15)23-21)24-19(25)9-5-13-4-8-17-18(10-13)30-12-29-17/h4-11,23H,3,12H2,1-2H3,(H,24,25)/b9-5+. The maximum absolute atomic E-state index is 12.6. The molecule has 2 heterocycles. The van der Waals surface area contributed by atoms with E-state index in [0.717, 1.165) is 5.56 Å². The van der Waals surface area contributed by atoms with E-state index < -0.39 is 11.9 Å². The molecule has 1 aromatic heterocycles. The van der Waals surface area contributed by atoms with Crippen LogP contribution in [0, 0.1) is 0 Å². The predicted octanol–water partition coefficient (Wildman–Crippen LogP) is 3.73. The summed E-state index contributed by atoms with van der Waals surface area (Å²) >= 11 is 0. The van der Waals surface area contributed by atoms with Gasteiger partial charge in [-0.1, -0.05) is 6.07 Å². The van der Waals surface area contributed by atoms with Gasteiger partial charge in [0.15, 0.2) is 11.5 Å². The second-order valence-corrected chi connectivity index (χ2v) is 6.44. The van der Waals surface area contributed by atoms with E-state index in [1.54, 1.807) is 50.4 Å². The molecule has 0 atom stereocenters. The molecule has 1 aliphatic rings. The number of carbonyl (C=O) groups excluding carboxylic acids is 2. The molecular weight excluding hydrogens is 388 g/mol. The van der Waals surface area contributed by atoms with Crippen molar-refractivity contribution in [1.29, 1.82) is 0 Å². The minimum Gasteiger partial charge on any atom is -0.497 e. The molecule has 0 saturated carbocycles. The van der Waals surface area contributed by atoms with Gasteiger partial charge in [-0.25, -0.2) is 4.79 Å². The van der Waals surface area contributed by atoms with Crippen LogP contribution in [0.5, 0.6) is 17.2 Å². The summed E-state index contributed by atoms with van der Waals surface area (Å²) in [6.07, 6.45) is 3.04. The summed E-state index contributed by atoms with van der Waals surface area (Å²) in [5, 5.41) is 3.45. The van der Waals surface area contributed by atoms with E-state index in [2.05, 4.69) is 10.3 Å². The topological polar surface area (TPSA) is 98.9 Å². The first kappa shape index (κ1) is 19.4. The van der Waals surface area contributed by atoms with Gasteiger partial charge < -0.3 is 29.2 Å². The molecule has 154 valence electrons. The Bertz CT molecular complexity index is 1150. The number of anilines is 1. The first-order valence-corrected chi connectivity index (χ1v) is 9.34. The fourth-order valence-corrected chi connectivity index (χ4v) is 3.14. The zero-order valence-corrected chi connectivity index (χ0v) is 16.5. The van der Waals surface area contributed by atoms with Crippen molar-refractivity contribution < 1.29 is 28.5 Å². The van der Waals surface area contributed by atoms with Crippen LogP contribution in [-0.4, -0.2) is 37.4 Å². The third kappa shape index (κ3) is 3.80. The first-order chi connectivity index (χ1) is 14.6. The molecule has 4 rings (SSSR count). The lowest BCUT2D eigenvalue weighted by atomic mass is 10.2. The summed E-state index contributed by atoms with van der Waals surface area (Å²) in [5.74, 6) is 0.982. The maximum Gasteiger partial charge on any atom is 0.356 e. The summed E-state index contributed by atoms with van der Waals surface area (Å²) in [7, 11) is 1.56. The van der Waals surface area contributed by atoms with Crippen molar-refractivity contribution >= 4 is 34.5 Å². The highest BCUT2D eigenvalue weighted by Crippen LogP contribution is 2.33. The Morgan fingerprint density at radius 1 is 1.17 bits per heavy atom. The van der Waals surface area contributed by atoms with Gasteiger partial charge in [0.2, 0.25) is 12.7 Å². The number of nitrogens with one attached hydrogen (secondary N) is 2. The number of hydrogen-bond donors (Lipinski definition) is 2. The van der Waals surface area contributed by atoms with Crippen LogP contribution in [0.4, 0.5) is 5.69 Å². The molecule has 3 aromatic rings. The van der Waals surface area contributed by atoms with Crippen LogP contribution < -0.4 is 19.5 Å². The minimum atomic E-state index is -0.553.